The molecule has 0 amide bonds. The fourth-order valence-corrected chi connectivity index (χ4v) is 2.79. The third-order valence-electron chi connectivity index (χ3n) is 3.38. The molecule has 1 saturated heterocycles. The van der Waals surface area contributed by atoms with E-state index >= 15 is 0 Å². The van der Waals surface area contributed by atoms with Crippen molar-refractivity contribution in [2.75, 3.05) is 18.4 Å². The van der Waals surface area contributed by atoms with Crippen molar-refractivity contribution in [1.29, 1.82) is 0 Å². The molecule has 0 bridgehead atoms. The molecule has 2 N–H and O–H groups in total. The lowest BCUT2D eigenvalue weighted by Gasteiger charge is -2.19. The van der Waals surface area contributed by atoms with Crippen LogP contribution in [-0.2, 0) is 6.42 Å². The average molecular weight is 297 g/mol. The Morgan fingerprint density at radius 2 is 2.24 bits per heavy atom. The van der Waals surface area contributed by atoms with Crippen LogP contribution in [0.15, 0.2) is 22.7 Å². The zero-order valence-corrected chi connectivity index (χ0v) is 12.0. The van der Waals surface area contributed by atoms with Crippen LogP contribution in [0.25, 0.3) is 0 Å². The summed E-state index contributed by atoms with van der Waals surface area (Å²) in [4.78, 5) is 0. The molecule has 0 spiro atoms. The SMILES string of the molecule is CCc1cc(Br)ccc1NC1CCCNCC1. The molecule has 2 rings (SSSR count). The van der Waals surface area contributed by atoms with E-state index in [1.807, 2.05) is 0 Å². The molecule has 0 aromatic heterocycles. The lowest BCUT2D eigenvalue weighted by molar-refractivity contribution is 0.637. The van der Waals surface area contributed by atoms with Crippen molar-refractivity contribution in [1.82, 2.24) is 5.32 Å². The third-order valence-corrected chi connectivity index (χ3v) is 3.88. The second-order valence-electron chi connectivity index (χ2n) is 4.68. The molecule has 3 heteroatoms. The van der Waals surface area contributed by atoms with Crippen molar-refractivity contribution in [3.05, 3.63) is 28.2 Å². The van der Waals surface area contributed by atoms with Gasteiger partial charge < -0.3 is 10.6 Å². The summed E-state index contributed by atoms with van der Waals surface area (Å²) in [6, 6.07) is 7.16. The van der Waals surface area contributed by atoms with Crippen LogP contribution in [0.5, 0.6) is 0 Å². The largest absolute Gasteiger partial charge is 0.382 e. The number of nitrogens with one attached hydrogen (secondary N) is 2. The van der Waals surface area contributed by atoms with Gasteiger partial charge in [-0.3, -0.25) is 0 Å². The third kappa shape index (κ3) is 3.71. The molecule has 0 radical (unpaired) electrons. The Kier molecular flexibility index (Phi) is 4.86. The fourth-order valence-electron chi connectivity index (χ4n) is 2.38. The number of hydrogen-bond donors (Lipinski definition) is 2. The maximum absolute atomic E-state index is 3.71. The maximum atomic E-state index is 3.71. The number of aryl methyl sites for hydroxylation is 1. The maximum Gasteiger partial charge on any atom is 0.0375 e. The Bertz CT molecular complexity index is 357. The quantitative estimate of drug-likeness (QED) is 0.891. The Morgan fingerprint density at radius 1 is 1.35 bits per heavy atom. The van der Waals surface area contributed by atoms with E-state index in [-0.39, 0.29) is 0 Å². The first-order valence-electron chi connectivity index (χ1n) is 6.55. The normalized spacial score (nSPS) is 20.9. The van der Waals surface area contributed by atoms with Crippen molar-refractivity contribution in [2.45, 2.75) is 38.6 Å². The summed E-state index contributed by atoms with van der Waals surface area (Å²) in [5.74, 6) is 0. The summed E-state index contributed by atoms with van der Waals surface area (Å²) in [6.07, 6.45) is 4.84. The molecular formula is C14H21BrN2. The lowest BCUT2D eigenvalue weighted by Crippen LogP contribution is -2.22. The molecule has 17 heavy (non-hydrogen) atoms. The summed E-state index contributed by atoms with van der Waals surface area (Å²) in [5, 5.41) is 7.16. The van der Waals surface area contributed by atoms with Crippen molar-refractivity contribution in [3.8, 4) is 0 Å². The lowest BCUT2D eigenvalue weighted by atomic mass is 10.1. The molecule has 1 aliphatic heterocycles. The van der Waals surface area contributed by atoms with Crippen molar-refractivity contribution >= 4 is 21.6 Å². The summed E-state index contributed by atoms with van der Waals surface area (Å²) < 4.78 is 1.17. The van der Waals surface area contributed by atoms with E-state index in [9.17, 15) is 0 Å². The van der Waals surface area contributed by atoms with Crippen molar-refractivity contribution in [3.63, 3.8) is 0 Å². The van der Waals surface area contributed by atoms with Gasteiger partial charge in [0.1, 0.15) is 0 Å². The smallest absolute Gasteiger partial charge is 0.0375 e. The zero-order chi connectivity index (χ0) is 12.1. The van der Waals surface area contributed by atoms with Crippen LogP contribution in [0, 0.1) is 0 Å². The van der Waals surface area contributed by atoms with Crippen LogP contribution in [0.3, 0.4) is 0 Å². The van der Waals surface area contributed by atoms with Gasteiger partial charge in [-0.1, -0.05) is 22.9 Å². The molecule has 1 atom stereocenters. The standard InChI is InChI=1S/C14H21BrN2/c1-2-11-10-12(15)5-6-14(11)17-13-4-3-8-16-9-7-13/h5-6,10,13,16-17H,2-4,7-9H2,1H3. The van der Waals surface area contributed by atoms with Crippen molar-refractivity contribution < 1.29 is 0 Å². The predicted octanol–water partition coefficient (Wildman–Crippen LogP) is 3.57. The van der Waals surface area contributed by atoms with Gasteiger partial charge in [-0.2, -0.15) is 0 Å². The van der Waals surface area contributed by atoms with Crippen molar-refractivity contribution in [2.24, 2.45) is 0 Å². The van der Waals surface area contributed by atoms with Crippen LogP contribution < -0.4 is 10.6 Å². The highest BCUT2D eigenvalue weighted by Crippen LogP contribution is 2.23. The molecule has 1 unspecified atom stereocenters. The first-order valence-corrected chi connectivity index (χ1v) is 7.34. The molecule has 1 aliphatic rings. The minimum atomic E-state index is 0.622. The number of rotatable bonds is 3. The highest BCUT2D eigenvalue weighted by molar-refractivity contribution is 9.10. The molecule has 1 heterocycles. The average Bonchev–Trinajstić information content (AvgIpc) is 2.60. The van der Waals surface area contributed by atoms with Gasteiger partial charge in [0.25, 0.3) is 0 Å². The van der Waals surface area contributed by atoms with Gasteiger partial charge in [-0.05, 0) is 62.5 Å². The Labute approximate surface area is 112 Å². The second-order valence-corrected chi connectivity index (χ2v) is 5.59. The van der Waals surface area contributed by atoms with E-state index in [2.05, 4.69) is 51.7 Å². The molecule has 0 saturated carbocycles. The van der Waals surface area contributed by atoms with Gasteiger partial charge in [0.05, 0.1) is 0 Å². The monoisotopic (exact) mass is 296 g/mol. The Hall–Kier alpha value is -0.540. The Balaban J connectivity index is 2.06. The number of hydrogen-bond acceptors (Lipinski definition) is 2. The second kappa shape index (κ2) is 6.41. The van der Waals surface area contributed by atoms with Crippen LogP contribution in [0.1, 0.15) is 31.7 Å². The van der Waals surface area contributed by atoms with Gasteiger partial charge >= 0.3 is 0 Å². The summed E-state index contributed by atoms with van der Waals surface area (Å²) in [5.41, 5.74) is 2.71. The fraction of sp³-hybridized carbons (Fsp3) is 0.571. The highest BCUT2D eigenvalue weighted by atomic mass is 79.9. The van der Waals surface area contributed by atoms with Crippen LogP contribution in [0.2, 0.25) is 0 Å². The van der Waals surface area contributed by atoms with E-state index < -0.39 is 0 Å². The summed E-state index contributed by atoms with van der Waals surface area (Å²) >= 11 is 3.54. The van der Waals surface area contributed by atoms with E-state index in [1.54, 1.807) is 0 Å². The summed E-state index contributed by atoms with van der Waals surface area (Å²) in [7, 11) is 0. The molecule has 0 aliphatic carbocycles. The van der Waals surface area contributed by atoms with Gasteiger partial charge in [0.2, 0.25) is 0 Å². The molecule has 94 valence electrons. The van der Waals surface area contributed by atoms with Gasteiger partial charge in [-0.25, -0.2) is 0 Å². The molecule has 1 aromatic rings. The first kappa shape index (κ1) is 12.9. The van der Waals surface area contributed by atoms with Gasteiger partial charge in [-0.15, -0.1) is 0 Å². The predicted molar refractivity (Wildman–Crippen MR) is 77.7 cm³/mol. The minimum absolute atomic E-state index is 0.622. The zero-order valence-electron chi connectivity index (χ0n) is 10.4. The van der Waals surface area contributed by atoms with Crippen LogP contribution in [0.4, 0.5) is 5.69 Å². The molecule has 1 fully saturated rings. The number of benzene rings is 1. The van der Waals surface area contributed by atoms with Gasteiger partial charge in [0, 0.05) is 16.2 Å². The number of halogens is 1. The summed E-state index contributed by atoms with van der Waals surface area (Å²) in [6.45, 7) is 4.51. The van der Waals surface area contributed by atoms with Crippen LogP contribution >= 0.6 is 15.9 Å². The van der Waals surface area contributed by atoms with E-state index in [1.165, 1.54) is 41.5 Å². The highest BCUT2D eigenvalue weighted by Gasteiger charge is 2.12. The molecular weight excluding hydrogens is 276 g/mol. The number of anilines is 1. The Morgan fingerprint density at radius 3 is 3.06 bits per heavy atom. The van der Waals surface area contributed by atoms with E-state index in [0.717, 1.165) is 13.0 Å². The molecule has 1 aromatic carbocycles. The minimum Gasteiger partial charge on any atom is -0.382 e. The van der Waals surface area contributed by atoms with Gasteiger partial charge in [0.15, 0.2) is 0 Å². The molecule has 2 nitrogen and oxygen atoms in total. The first-order chi connectivity index (χ1) is 8.29. The van der Waals surface area contributed by atoms with Crippen LogP contribution in [-0.4, -0.2) is 19.1 Å². The van der Waals surface area contributed by atoms with E-state index in [4.69, 9.17) is 0 Å². The topological polar surface area (TPSA) is 24.1 Å². The van der Waals surface area contributed by atoms with E-state index in [0.29, 0.717) is 6.04 Å².